The highest BCUT2D eigenvalue weighted by molar-refractivity contribution is 6.04. The van der Waals surface area contributed by atoms with E-state index in [0.29, 0.717) is 12.1 Å². The number of likely N-dealkylation sites (tertiary alicyclic amines) is 1. The van der Waals surface area contributed by atoms with Gasteiger partial charge in [-0.05, 0) is 36.4 Å². The zero-order chi connectivity index (χ0) is 23.0. The molecule has 0 bridgehead atoms. The fourth-order valence-electron chi connectivity index (χ4n) is 4.10. The van der Waals surface area contributed by atoms with Crippen LogP contribution in [0, 0.1) is 0 Å². The van der Waals surface area contributed by atoms with Gasteiger partial charge in [0, 0.05) is 36.6 Å². The molecule has 3 amide bonds. The van der Waals surface area contributed by atoms with Crippen LogP contribution in [0.1, 0.15) is 23.2 Å². The van der Waals surface area contributed by atoms with Crippen molar-refractivity contribution in [2.75, 3.05) is 26.2 Å². The van der Waals surface area contributed by atoms with Crippen LogP contribution < -0.4 is 15.4 Å². The molecule has 1 fully saturated rings. The maximum absolute atomic E-state index is 12.2. The third-order valence-electron chi connectivity index (χ3n) is 5.84. The number of nitrogens with zero attached hydrogens (tertiary/aromatic N) is 1. The van der Waals surface area contributed by atoms with Crippen LogP contribution in [-0.4, -0.2) is 60.3 Å². The molecule has 0 radical (unpaired) electrons. The standard InChI is InChI=1S/C26H29N3O4/c30-22(18-33-24-12-6-10-19-7-4-5-11-23(19)24)17-29-15-13-21(14-16-29)27-26(32)28-25(31)20-8-2-1-3-9-20/h1-12,21-22,30H,13-18H2,(H2,27,28,31,32). The lowest BCUT2D eigenvalue weighted by Crippen LogP contribution is -2.50. The highest BCUT2D eigenvalue weighted by Crippen LogP contribution is 2.25. The summed E-state index contributed by atoms with van der Waals surface area (Å²) in [5.74, 6) is 0.353. The second kappa shape index (κ2) is 10.9. The highest BCUT2D eigenvalue weighted by Gasteiger charge is 2.23. The van der Waals surface area contributed by atoms with E-state index in [1.165, 1.54) is 0 Å². The second-order valence-corrected chi connectivity index (χ2v) is 8.31. The van der Waals surface area contributed by atoms with Gasteiger partial charge in [-0.1, -0.05) is 54.6 Å². The summed E-state index contributed by atoms with van der Waals surface area (Å²) in [7, 11) is 0. The number of β-amino-alcohol motifs (C(OH)–C–C–N with tert-alkyl or cyclic N) is 1. The van der Waals surface area contributed by atoms with E-state index in [-0.39, 0.29) is 12.6 Å². The van der Waals surface area contributed by atoms with Gasteiger partial charge in [0.05, 0.1) is 0 Å². The van der Waals surface area contributed by atoms with Gasteiger partial charge in [-0.2, -0.15) is 0 Å². The first kappa shape index (κ1) is 22.8. The van der Waals surface area contributed by atoms with E-state index < -0.39 is 18.0 Å². The van der Waals surface area contributed by atoms with Gasteiger partial charge < -0.3 is 20.1 Å². The van der Waals surface area contributed by atoms with Crippen LogP contribution in [0.3, 0.4) is 0 Å². The minimum atomic E-state index is -0.611. The Balaban J connectivity index is 1.17. The molecule has 7 heteroatoms. The third kappa shape index (κ3) is 6.31. The van der Waals surface area contributed by atoms with Crippen LogP contribution in [0.2, 0.25) is 0 Å². The molecule has 1 aliphatic heterocycles. The minimum absolute atomic E-state index is 0.00565. The molecule has 1 saturated heterocycles. The Morgan fingerprint density at radius 1 is 0.970 bits per heavy atom. The predicted molar refractivity (Wildman–Crippen MR) is 127 cm³/mol. The number of hydrogen-bond donors (Lipinski definition) is 3. The molecule has 3 aromatic rings. The molecule has 1 heterocycles. The summed E-state index contributed by atoms with van der Waals surface area (Å²) in [4.78, 5) is 26.4. The van der Waals surface area contributed by atoms with Crippen LogP contribution in [0.15, 0.2) is 72.8 Å². The number of piperidine rings is 1. The smallest absolute Gasteiger partial charge is 0.321 e. The minimum Gasteiger partial charge on any atom is -0.490 e. The SMILES string of the molecule is O=C(NC(=O)c1ccccc1)NC1CCN(CC(O)COc2cccc3ccccc23)CC1. The Morgan fingerprint density at radius 3 is 2.45 bits per heavy atom. The lowest BCUT2D eigenvalue weighted by Gasteiger charge is -2.33. The molecular weight excluding hydrogens is 418 g/mol. The number of fused-ring (bicyclic) bond motifs is 1. The second-order valence-electron chi connectivity index (χ2n) is 8.31. The van der Waals surface area contributed by atoms with Crippen LogP contribution in [0.5, 0.6) is 5.75 Å². The van der Waals surface area contributed by atoms with Gasteiger partial charge in [0.1, 0.15) is 18.5 Å². The lowest BCUT2D eigenvalue weighted by atomic mass is 10.0. The summed E-state index contributed by atoms with van der Waals surface area (Å²) in [5.41, 5.74) is 0.446. The third-order valence-corrected chi connectivity index (χ3v) is 5.84. The maximum atomic E-state index is 12.2. The van der Waals surface area contributed by atoms with Crippen molar-refractivity contribution in [1.29, 1.82) is 0 Å². The van der Waals surface area contributed by atoms with Crippen LogP contribution in [0.4, 0.5) is 4.79 Å². The summed E-state index contributed by atoms with van der Waals surface area (Å²) < 4.78 is 5.90. The van der Waals surface area contributed by atoms with E-state index in [1.54, 1.807) is 24.3 Å². The summed E-state index contributed by atoms with van der Waals surface area (Å²) >= 11 is 0. The number of nitrogens with one attached hydrogen (secondary N) is 2. The number of urea groups is 1. The number of hydrogen-bond acceptors (Lipinski definition) is 5. The van der Waals surface area contributed by atoms with Crippen molar-refractivity contribution >= 4 is 22.7 Å². The fourth-order valence-corrected chi connectivity index (χ4v) is 4.10. The molecule has 172 valence electrons. The van der Waals surface area contributed by atoms with E-state index in [2.05, 4.69) is 15.5 Å². The van der Waals surface area contributed by atoms with Gasteiger partial charge in [-0.3, -0.25) is 10.1 Å². The molecule has 3 aromatic carbocycles. The summed E-state index contributed by atoms with van der Waals surface area (Å²) in [6, 6.07) is 22.1. The maximum Gasteiger partial charge on any atom is 0.321 e. The lowest BCUT2D eigenvalue weighted by molar-refractivity contribution is 0.0588. The number of aliphatic hydroxyl groups is 1. The van der Waals surface area contributed by atoms with Crippen molar-refractivity contribution in [3.05, 3.63) is 78.4 Å². The average Bonchev–Trinajstić information content (AvgIpc) is 2.84. The Morgan fingerprint density at radius 2 is 1.67 bits per heavy atom. The number of aliphatic hydroxyl groups excluding tert-OH is 1. The van der Waals surface area contributed by atoms with Crippen molar-refractivity contribution in [2.24, 2.45) is 0 Å². The molecule has 4 rings (SSSR count). The van der Waals surface area contributed by atoms with E-state index in [9.17, 15) is 14.7 Å². The molecule has 33 heavy (non-hydrogen) atoms. The van der Waals surface area contributed by atoms with Crippen molar-refractivity contribution < 1.29 is 19.4 Å². The molecule has 0 saturated carbocycles. The number of rotatable bonds is 7. The monoisotopic (exact) mass is 447 g/mol. The van der Waals surface area contributed by atoms with E-state index in [0.717, 1.165) is 42.5 Å². The molecule has 0 aliphatic carbocycles. The summed E-state index contributed by atoms with van der Waals surface area (Å²) in [6.45, 7) is 2.23. The van der Waals surface area contributed by atoms with Crippen LogP contribution in [0.25, 0.3) is 10.8 Å². The normalized spacial score (nSPS) is 15.7. The summed E-state index contributed by atoms with van der Waals surface area (Å²) in [5, 5.41) is 17.9. The van der Waals surface area contributed by atoms with E-state index in [4.69, 9.17) is 4.74 Å². The van der Waals surface area contributed by atoms with Crippen molar-refractivity contribution in [3.8, 4) is 5.75 Å². The first-order chi connectivity index (χ1) is 16.1. The van der Waals surface area contributed by atoms with Crippen molar-refractivity contribution in [2.45, 2.75) is 25.0 Å². The molecule has 3 N–H and O–H groups in total. The zero-order valence-corrected chi connectivity index (χ0v) is 18.4. The van der Waals surface area contributed by atoms with Gasteiger partial charge in [0.25, 0.3) is 5.91 Å². The first-order valence-corrected chi connectivity index (χ1v) is 11.3. The van der Waals surface area contributed by atoms with Crippen LogP contribution >= 0.6 is 0 Å². The van der Waals surface area contributed by atoms with Crippen molar-refractivity contribution in [3.63, 3.8) is 0 Å². The fraction of sp³-hybridized carbons (Fsp3) is 0.308. The number of benzene rings is 3. The highest BCUT2D eigenvalue weighted by atomic mass is 16.5. The average molecular weight is 448 g/mol. The Hall–Kier alpha value is -3.42. The molecule has 1 atom stereocenters. The summed E-state index contributed by atoms with van der Waals surface area (Å²) in [6.07, 6.45) is 0.897. The topological polar surface area (TPSA) is 90.9 Å². The predicted octanol–water partition coefficient (Wildman–Crippen LogP) is 3.18. The number of amides is 3. The van der Waals surface area contributed by atoms with Gasteiger partial charge in [-0.25, -0.2) is 4.79 Å². The molecule has 1 unspecified atom stereocenters. The number of carbonyl (C=O) groups excluding carboxylic acids is 2. The number of ether oxygens (including phenoxy) is 1. The number of carbonyl (C=O) groups is 2. The first-order valence-electron chi connectivity index (χ1n) is 11.3. The largest absolute Gasteiger partial charge is 0.490 e. The van der Waals surface area contributed by atoms with Gasteiger partial charge in [0.2, 0.25) is 0 Å². The zero-order valence-electron chi connectivity index (χ0n) is 18.4. The molecule has 7 nitrogen and oxygen atoms in total. The van der Waals surface area contributed by atoms with Gasteiger partial charge in [-0.15, -0.1) is 0 Å². The van der Waals surface area contributed by atoms with Crippen LogP contribution in [-0.2, 0) is 0 Å². The molecule has 0 aromatic heterocycles. The quantitative estimate of drug-likeness (QED) is 0.518. The Bertz CT molecular complexity index is 1080. The molecule has 1 aliphatic rings. The Labute approximate surface area is 193 Å². The van der Waals surface area contributed by atoms with E-state index >= 15 is 0 Å². The van der Waals surface area contributed by atoms with E-state index in [1.807, 2.05) is 48.5 Å². The molecule has 0 spiro atoms. The molecular formula is C26H29N3O4. The van der Waals surface area contributed by atoms with Gasteiger partial charge in [0.15, 0.2) is 0 Å². The van der Waals surface area contributed by atoms with Crippen molar-refractivity contribution in [1.82, 2.24) is 15.5 Å². The number of imide groups is 1. The Kier molecular flexibility index (Phi) is 7.55. The van der Waals surface area contributed by atoms with Gasteiger partial charge >= 0.3 is 6.03 Å².